The Balaban J connectivity index is 3.18. The average molecular weight is 216 g/mol. The maximum atomic E-state index is 7.28. The molecule has 2 nitrogen and oxygen atoms in total. The third-order valence-electron chi connectivity index (χ3n) is 1.97. The Morgan fingerprint density at radius 1 is 1.54 bits per heavy atom. The number of hydrogen-bond donors (Lipinski definition) is 2. The fraction of sp³-hybridized carbons (Fsp3) is 0.300. The second kappa shape index (κ2) is 4.45. The Labute approximate surface area is 86.8 Å². The number of aryl methyl sites for hydroxylation is 1. The zero-order valence-electron chi connectivity index (χ0n) is 7.65. The van der Waals surface area contributed by atoms with Crippen LogP contribution in [0.5, 0.6) is 0 Å². The molecule has 1 aromatic rings. The van der Waals surface area contributed by atoms with Gasteiger partial charge >= 0.3 is 86.5 Å². The number of hydrogen-bond acceptors (Lipinski definition) is 1. The number of allylic oxidation sites excluding steroid dienone is 1. The van der Waals surface area contributed by atoms with Crippen LogP contribution in [0.15, 0.2) is 12.7 Å². The van der Waals surface area contributed by atoms with Crippen molar-refractivity contribution >= 4 is 10.7 Å². The van der Waals surface area contributed by atoms with Crippen LogP contribution in [0.1, 0.15) is 23.9 Å². The van der Waals surface area contributed by atoms with Crippen molar-refractivity contribution in [3.8, 4) is 0 Å². The summed E-state index contributed by atoms with van der Waals surface area (Å²) in [5, 5.41) is 7.28. The van der Waals surface area contributed by atoms with E-state index in [0.717, 1.165) is 34.3 Å². The molecule has 70 valence electrons. The fourth-order valence-corrected chi connectivity index (χ4v) is 1.84. The Bertz CT molecular complexity index is 326. The second-order valence-electron chi connectivity index (χ2n) is 2.80. The van der Waals surface area contributed by atoms with Crippen molar-refractivity contribution in [2.24, 2.45) is 0 Å². The predicted molar refractivity (Wildman–Crippen MR) is 51.6 cm³/mol. The summed E-state index contributed by atoms with van der Waals surface area (Å²) in [6, 6.07) is 0. The van der Waals surface area contributed by atoms with E-state index in [9.17, 15) is 0 Å². The summed E-state index contributed by atoms with van der Waals surface area (Å²) in [5.74, 6) is 0. The van der Waals surface area contributed by atoms with Gasteiger partial charge in [0.25, 0.3) is 0 Å². The van der Waals surface area contributed by atoms with Gasteiger partial charge in [-0.15, -0.1) is 0 Å². The summed E-state index contributed by atoms with van der Waals surface area (Å²) < 4.78 is 1.02. The number of aromatic amines is 1. The summed E-state index contributed by atoms with van der Waals surface area (Å²) in [7, 11) is 0. The van der Waals surface area contributed by atoms with Crippen LogP contribution in [0.3, 0.4) is 0 Å². The molecule has 1 heterocycles. The molecule has 0 amide bonds. The Hall–Kier alpha value is -0.791. The van der Waals surface area contributed by atoms with Crippen LogP contribution in [0.4, 0.5) is 0 Å². The van der Waals surface area contributed by atoms with Gasteiger partial charge in [-0.05, 0) is 0 Å². The Kier molecular flexibility index (Phi) is 3.52. The molecule has 0 aliphatic rings. The SMILES string of the molecule is C=CCc1[nH]c(CC)[c]([Mn])c1C=N. The molecule has 0 saturated carbocycles. The molecule has 0 spiro atoms. The van der Waals surface area contributed by atoms with E-state index in [2.05, 4.69) is 34.5 Å². The van der Waals surface area contributed by atoms with E-state index in [0.29, 0.717) is 0 Å². The summed E-state index contributed by atoms with van der Waals surface area (Å²) in [4.78, 5) is 3.28. The number of aromatic nitrogens is 1. The van der Waals surface area contributed by atoms with Gasteiger partial charge in [0.05, 0.1) is 0 Å². The fourth-order valence-electron chi connectivity index (χ4n) is 1.30. The van der Waals surface area contributed by atoms with Gasteiger partial charge in [0.1, 0.15) is 0 Å². The van der Waals surface area contributed by atoms with Crippen LogP contribution in [0.25, 0.3) is 0 Å². The van der Waals surface area contributed by atoms with Crippen LogP contribution in [-0.4, -0.2) is 11.2 Å². The quantitative estimate of drug-likeness (QED) is 0.434. The third-order valence-corrected chi connectivity index (χ3v) is 2.65. The Morgan fingerprint density at radius 2 is 2.23 bits per heavy atom. The summed E-state index contributed by atoms with van der Waals surface area (Å²) in [6.45, 7) is 5.77. The Morgan fingerprint density at radius 3 is 2.69 bits per heavy atom. The van der Waals surface area contributed by atoms with Gasteiger partial charge < -0.3 is 0 Å². The van der Waals surface area contributed by atoms with Gasteiger partial charge in [0, 0.05) is 0 Å². The van der Waals surface area contributed by atoms with Crippen molar-refractivity contribution in [1.29, 1.82) is 5.41 Å². The zero-order valence-corrected chi connectivity index (χ0v) is 8.83. The van der Waals surface area contributed by atoms with E-state index in [1.807, 2.05) is 6.08 Å². The molecule has 0 radical (unpaired) electrons. The molecular formula is C10H13MnN2. The van der Waals surface area contributed by atoms with Gasteiger partial charge in [0.15, 0.2) is 0 Å². The normalized spacial score (nSPS) is 10.0. The van der Waals surface area contributed by atoms with Crippen molar-refractivity contribution in [2.45, 2.75) is 19.8 Å². The van der Waals surface area contributed by atoms with E-state index >= 15 is 0 Å². The molecule has 0 aliphatic carbocycles. The molecular weight excluding hydrogens is 203 g/mol. The topological polar surface area (TPSA) is 39.6 Å². The van der Waals surface area contributed by atoms with E-state index in [-0.39, 0.29) is 0 Å². The molecule has 0 fully saturated rings. The van der Waals surface area contributed by atoms with E-state index in [1.54, 1.807) is 0 Å². The van der Waals surface area contributed by atoms with Crippen molar-refractivity contribution in [3.05, 3.63) is 29.6 Å². The van der Waals surface area contributed by atoms with Crippen molar-refractivity contribution in [2.75, 3.05) is 0 Å². The average Bonchev–Trinajstić information content (AvgIpc) is 2.43. The molecule has 0 unspecified atom stereocenters. The molecule has 2 N–H and O–H groups in total. The van der Waals surface area contributed by atoms with Gasteiger partial charge in [-0.3, -0.25) is 0 Å². The second-order valence-corrected chi connectivity index (χ2v) is 3.39. The number of rotatable bonds is 4. The van der Waals surface area contributed by atoms with Crippen LogP contribution in [0.2, 0.25) is 0 Å². The van der Waals surface area contributed by atoms with Crippen molar-refractivity contribution in [3.63, 3.8) is 0 Å². The molecule has 0 aliphatic heterocycles. The molecule has 1 rings (SSSR count). The summed E-state index contributed by atoms with van der Waals surface area (Å²) >= 11 is 3.48. The van der Waals surface area contributed by atoms with E-state index in [4.69, 9.17) is 5.41 Å². The first-order valence-corrected chi connectivity index (χ1v) is 4.84. The standard InChI is InChI=1S/C10H13N2.Mn/c1-3-5-10-8(7-11)6-9(4-2)12-10;/h3,7,11-12H,1,4-5H2,2H3;. The van der Waals surface area contributed by atoms with Crippen LogP contribution in [0, 0.1) is 5.41 Å². The van der Waals surface area contributed by atoms with Gasteiger partial charge in [-0.2, -0.15) is 0 Å². The molecule has 0 atom stereocenters. The van der Waals surface area contributed by atoms with Crippen molar-refractivity contribution in [1.82, 2.24) is 4.98 Å². The predicted octanol–water partition coefficient (Wildman–Crippen LogP) is 1.48. The molecule has 13 heavy (non-hydrogen) atoms. The summed E-state index contributed by atoms with van der Waals surface area (Å²) in [5.41, 5.74) is 3.15. The van der Waals surface area contributed by atoms with Gasteiger partial charge in [-0.1, -0.05) is 0 Å². The minimum atomic E-state index is 0.781. The minimum absolute atomic E-state index is 0.781. The summed E-state index contributed by atoms with van der Waals surface area (Å²) in [6.07, 6.45) is 4.94. The third kappa shape index (κ3) is 1.93. The van der Waals surface area contributed by atoms with Gasteiger partial charge in [0.2, 0.25) is 0 Å². The first kappa shape index (κ1) is 10.3. The van der Waals surface area contributed by atoms with Crippen LogP contribution in [-0.2, 0) is 28.9 Å². The van der Waals surface area contributed by atoms with Crippen LogP contribution >= 0.6 is 0 Å². The van der Waals surface area contributed by atoms with E-state index in [1.165, 1.54) is 6.21 Å². The van der Waals surface area contributed by atoms with Crippen molar-refractivity contribution < 1.29 is 16.0 Å². The first-order valence-electron chi connectivity index (χ1n) is 4.25. The van der Waals surface area contributed by atoms with Gasteiger partial charge in [-0.25, -0.2) is 0 Å². The molecule has 3 heteroatoms. The molecule has 0 bridgehead atoms. The van der Waals surface area contributed by atoms with E-state index < -0.39 is 0 Å². The monoisotopic (exact) mass is 216 g/mol. The number of H-pyrrole nitrogens is 1. The maximum absolute atomic E-state index is 7.28. The molecule has 1 aromatic heterocycles. The first-order chi connectivity index (χ1) is 6.24. The van der Waals surface area contributed by atoms with Crippen LogP contribution < -0.4 is 4.46 Å². The number of nitrogens with one attached hydrogen (secondary N) is 2. The molecule has 0 aromatic carbocycles. The molecule has 0 saturated heterocycles. The zero-order chi connectivity index (χ0) is 9.84.